The van der Waals surface area contributed by atoms with Crippen molar-refractivity contribution in [1.29, 1.82) is 5.26 Å². The number of hydrogen-bond donors (Lipinski definition) is 1. The van der Waals surface area contributed by atoms with Gasteiger partial charge in [0.15, 0.2) is 0 Å². The minimum atomic E-state index is 0.0505. The highest BCUT2D eigenvalue weighted by atomic mass is 15.1. The van der Waals surface area contributed by atoms with Crippen molar-refractivity contribution >= 4 is 0 Å². The molecule has 1 aromatic carbocycles. The third kappa shape index (κ3) is 2.15. The number of quaternary nitrogens is 1. The summed E-state index contributed by atoms with van der Waals surface area (Å²) in [6, 6.07) is 13.7. The summed E-state index contributed by atoms with van der Waals surface area (Å²) < 4.78 is 0. The quantitative estimate of drug-likeness (QED) is 0.842. The summed E-state index contributed by atoms with van der Waals surface area (Å²) in [5, 5.41) is 9.26. The van der Waals surface area contributed by atoms with Crippen LogP contribution in [-0.4, -0.2) is 19.6 Å². The van der Waals surface area contributed by atoms with Crippen molar-refractivity contribution in [3.63, 3.8) is 0 Å². The van der Waals surface area contributed by atoms with Crippen LogP contribution in [0.5, 0.6) is 0 Å². The fourth-order valence-electron chi connectivity index (χ4n) is 3.46. The summed E-state index contributed by atoms with van der Waals surface area (Å²) in [5.74, 6) is 0.552. The van der Waals surface area contributed by atoms with E-state index in [0.29, 0.717) is 18.4 Å². The molecule has 0 saturated carbocycles. The van der Waals surface area contributed by atoms with Gasteiger partial charge in [0.1, 0.15) is 0 Å². The van der Waals surface area contributed by atoms with E-state index in [1.54, 1.807) is 4.90 Å². The van der Waals surface area contributed by atoms with Gasteiger partial charge < -0.3 is 4.90 Å². The van der Waals surface area contributed by atoms with Gasteiger partial charge in [0, 0.05) is 24.2 Å². The fourth-order valence-corrected chi connectivity index (χ4v) is 3.46. The van der Waals surface area contributed by atoms with Crippen LogP contribution in [-0.2, 0) is 5.41 Å². The highest BCUT2D eigenvalue weighted by Crippen LogP contribution is 2.40. The van der Waals surface area contributed by atoms with Crippen LogP contribution in [0.15, 0.2) is 30.3 Å². The number of benzene rings is 1. The zero-order valence-corrected chi connectivity index (χ0v) is 11.6. The zero-order chi connectivity index (χ0) is 13.2. The minimum absolute atomic E-state index is 0.0505. The molecule has 2 nitrogen and oxygen atoms in total. The summed E-state index contributed by atoms with van der Waals surface area (Å²) in [7, 11) is 2.27. The van der Waals surface area contributed by atoms with E-state index >= 15 is 0 Å². The molecule has 1 heterocycles. The van der Waals surface area contributed by atoms with Gasteiger partial charge in [-0.3, -0.25) is 0 Å². The van der Waals surface area contributed by atoms with Crippen LogP contribution in [0.3, 0.4) is 0 Å². The number of nitrogens with zero attached hydrogens (tertiary/aromatic N) is 1. The maximum Gasteiger partial charge on any atom is 0.0853 e. The predicted octanol–water partition coefficient (Wildman–Crippen LogP) is 1.78. The van der Waals surface area contributed by atoms with Crippen LogP contribution in [0.1, 0.15) is 32.3 Å². The largest absolute Gasteiger partial charge is 0.335 e. The molecular formula is C16H23N2+. The molecule has 0 spiro atoms. The average molecular weight is 243 g/mol. The first-order chi connectivity index (χ1) is 8.60. The van der Waals surface area contributed by atoms with Gasteiger partial charge in [0.25, 0.3) is 0 Å². The highest BCUT2D eigenvalue weighted by molar-refractivity contribution is 5.28. The van der Waals surface area contributed by atoms with E-state index in [9.17, 15) is 5.26 Å². The van der Waals surface area contributed by atoms with Crippen molar-refractivity contribution < 1.29 is 4.90 Å². The van der Waals surface area contributed by atoms with Crippen LogP contribution < -0.4 is 4.90 Å². The lowest BCUT2D eigenvalue weighted by molar-refractivity contribution is -0.915. The zero-order valence-electron chi connectivity index (χ0n) is 11.6. The molecule has 1 aliphatic rings. The van der Waals surface area contributed by atoms with Gasteiger partial charge in [0.05, 0.1) is 25.7 Å². The van der Waals surface area contributed by atoms with E-state index in [1.807, 2.05) is 0 Å². The fraction of sp³-hybridized carbons (Fsp3) is 0.562. The second-order valence-electron chi connectivity index (χ2n) is 5.91. The molecule has 1 N–H and O–H groups in total. The van der Waals surface area contributed by atoms with E-state index in [1.165, 1.54) is 5.56 Å². The number of piperidine rings is 1. The van der Waals surface area contributed by atoms with Crippen LogP contribution in [0.4, 0.5) is 0 Å². The van der Waals surface area contributed by atoms with Crippen molar-refractivity contribution in [2.75, 3.05) is 13.6 Å². The Hall–Kier alpha value is -1.33. The van der Waals surface area contributed by atoms with Gasteiger partial charge in [-0.1, -0.05) is 37.3 Å². The summed E-state index contributed by atoms with van der Waals surface area (Å²) in [6.07, 6.45) is 1.74. The SMILES string of the molecule is C[C@@H]1C[NH+](C)[C@@H](C)C[C@@]1(CC#N)c1ccccc1. The smallest absolute Gasteiger partial charge is 0.0853 e. The van der Waals surface area contributed by atoms with E-state index in [2.05, 4.69) is 57.3 Å². The first-order valence-electron chi connectivity index (χ1n) is 6.85. The van der Waals surface area contributed by atoms with E-state index < -0.39 is 0 Å². The number of nitriles is 1. The maximum absolute atomic E-state index is 9.26. The van der Waals surface area contributed by atoms with Crippen LogP contribution in [0.2, 0.25) is 0 Å². The number of likely N-dealkylation sites (tertiary alicyclic amines) is 1. The number of nitrogens with one attached hydrogen (secondary N) is 1. The summed E-state index contributed by atoms with van der Waals surface area (Å²) >= 11 is 0. The molecule has 0 bridgehead atoms. The maximum atomic E-state index is 9.26. The van der Waals surface area contributed by atoms with Gasteiger partial charge in [0.2, 0.25) is 0 Å². The number of hydrogen-bond acceptors (Lipinski definition) is 1. The second-order valence-corrected chi connectivity index (χ2v) is 5.91. The number of rotatable bonds is 2. The predicted molar refractivity (Wildman–Crippen MR) is 73.3 cm³/mol. The van der Waals surface area contributed by atoms with Gasteiger partial charge in [-0.2, -0.15) is 5.26 Å². The molecule has 1 fully saturated rings. The molecule has 18 heavy (non-hydrogen) atoms. The van der Waals surface area contributed by atoms with Crippen molar-refractivity contribution in [2.45, 2.75) is 38.1 Å². The Morgan fingerprint density at radius 2 is 2.00 bits per heavy atom. The standard InChI is InChI=1S/C16H22N2/c1-13-12-18(3)14(2)11-16(13,9-10-17)15-7-5-4-6-8-15/h4-8,13-14H,9,11-12H2,1-3H3/p+1/t13-,14+,16-/m1/s1. The van der Waals surface area contributed by atoms with Crippen LogP contribution >= 0.6 is 0 Å². The third-order valence-corrected chi connectivity index (χ3v) is 4.83. The minimum Gasteiger partial charge on any atom is -0.335 e. The highest BCUT2D eigenvalue weighted by Gasteiger charge is 2.45. The van der Waals surface area contributed by atoms with Gasteiger partial charge in [-0.05, 0) is 12.5 Å². The summed E-state index contributed by atoms with van der Waals surface area (Å²) in [6.45, 7) is 5.76. The molecule has 0 amide bonds. The normalized spacial score (nSPS) is 36.0. The second kappa shape index (κ2) is 5.12. The van der Waals surface area contributed by atoms with Gasteiger partial charge >= 0.3 is 0 Å². The Labute approximate surface area is 110 Å². The lowest BCUT2D eigenvalue weighted by Gasteiger charge is -2.46. The lowest BCUT2D eigenvalue weighted by atomic mass is 9.63. The monoisotopic (exact) mass is 243 g/mol. The Morgan fingerprint density at radius 1 is 1.33 bits per heavy atom. The molecule has 1 unspecified atom stereocenters. The molecule has 0 aliphatic carbocycles. The van der Waals surface area contributed by atoms with Crippen LogP contribution in [0.25, 0.3) is 0 Å². The molecule has 1 saturated heterocycles. The average Bonchev–Trinajstić information content (AvgIpc) is 2.37. The Balaban J connectivity index is 2.41. The molecule has 0 aromatic heterocycles. The van der Waals surface area contributed by atoms with Crippen molar-refractivity contribution in [3.05, 3.63) is 35.9 Å². The molecule has 96 valence electrons. The third-order valence-electron chi connectivity index (χ3n) is 4.83. The molecule has 4 atom stereocenters. The molecule has 1 aliphatic heterocycles. The molecule has 2 rings (SSSR count). The van der Waals surface area contributed by atoms with E-state index in [-0.39, 0.29) is 5.41 Å². The van der Waals surface area contributed by atoms with Gasteiger partial charge in [-0.25, -0.2) is 0 Å². The Kier molecular flexibility index (Phi) is 3.73. The van der Waals surface area contributed by atoms with Gasteiger partial charge in [-0.15, -0.1) is 0 Å². The van der Waals surface area contributed by atoms with Crippen molar-refractivity contribution in [1.82, 2.24) is 0 Å². The van der Waals surface area contributed by atoms with Crippen molar-refractivity contribution in [2.24, 2.45) is 5.92 Å². The van der Waals surface area contributed by atoms with E-state index in [0.717, 1.165) is 13.0 Å². The molecule has 0 radical (unpaired) electrons. The molecular weight excluding hydrogens is 220 g/mol. The summed E-state index contributed by atoms with van der Waals surface area (Å²) in [5.41, 5.74) is 1.40. The van der Waals surface area contributed by atoms with Crippen LogP contribution in [0, 0.1) is 17.2 Å². The van der Waals surface area contributed by atoms with E-state index in [4.69, 9.17) is 0 Å². The molecule has 1 aromatic rings. The Bertz CT molecular complexity index is 434. The first kappa shape index (κ1) is 13.1. The summed E-state index contributed by atoms with van der Waals surface area (Å²) in [4.78, 5) is 1.59. The topological polar surface area (TPSA) is 28.2 Å². The lowest BCUT2D eigenvalue weighted by Crippen LogP contribution is -3.15. The first-order valence-corrected chi connectivity index (χ1v) is 6.85. The Morgan fingerprint density at radius 3 is 2.61 bits per heavy atom. The van der Waals surface area contributed by atoms with Crippen molar-refractivity contribution in [3.8, 4) is 6.07 Å². The molecule has 2 heteroatoms.